The number of amides is 2. The zero-order chi connectivity index (χ0) is 27.6. The Balaban J connectivity index is 1.42. The van der Waals surface area contributed by atoms with Crippen LogP contribution in [0.4, 0.5) is 19.3 Å². The fourth-order valence-electron chi connectivity index (χ4n) is 6.30. The van der Waals surface area contributed by atoms with Gasteiger partial charge in [0.2, 0.25) is 0 Å². The van der Waals surface area contributed by atoms with Crippen molar-refractivity contribution in [2.75, 3.05) is 11.4 Å². The summed E-state index contributed by atoms with van der Waals surface area (Å²) in [4.78, 5) is 22.5. The number of rotatable bonds is 7. The number of hydrogen-bond acceptors (Lipinski definition) is 4. The van der Waals surface area contributed by atoms with Gasteiger partial charge in [0.15, 0.2) is 0 Å². The summed E-state index contributed by atoms with van der Waals surface area (Å²) in [6, 6.07) is 11.1. The molecule has 1 spiro atoms. The van der Waals surface area contributed by atoms with E-state index in [0.717, 1.165) is 32.1 Å². The Labute approximate surface area is 230 Å². The van der Waals surface area contributed by atoms with Gasteiger partial charge in [0.1, 0.15) is 28.8 Å². The molecule has 1 aliphatic carbocycles. The molecular formula is C31H40F2N4O2. The predicted molar refractivity (Wildman–Crippen MR) is 150 cm³/mol. The molecule has 0 bridgehead atoms. The molecule has 2 heterocycles. The molecule has 2 aliphatic heterocycles. The lowest BCUT2D eigenvalue weighted by atomic mass is 9.81. The molecule has 0 radical (unpaired) electrons. The van der Waals surface area contributed by atoms with E-state index in [-0.39, 0.29) is 35.9 Å². The SMILES string of the molecule is CCC(C)Oc1ccc(F)c(CN2CC[C@@]3(C[C@@H]2C)C(=NC2CCCCC2)NC(=O)N3c2cccc(F)c2)c1. The molecule has 3 atom stereocenters. The van der Waals surface area contributed by atoms with E-state index in [1.165, 1.54) is 24.6 Å². The van der Waals surface area contributed by atoms with Gasteiger partial charge in [0, 0.05) is 30.4 Å². The minimum absolute atomic E-state index is 0.0256. The number of nitrogens with zero attached hydrogens (tertiary/aromatic N) is 3. The maximum atomic E-state index is 14.9. The number of likely N-dealkylation sites (tertiary alicyclic amines) is 1. The molecule has 6 nitrogen and oxygen atoms in total. The Morgan fingerprint density at radius 3 is 2.67 bits per heavy atom. The number of piperidine rings is 1. The number of anilines is 1. The minimum Gasteiger partial charge on any atom is -0.491 e. The third-order valence-electron chi connectivity index (χ3n) is 8.62. The molecule has 2 amide bonds. The summed E-state index contributed by atoms with van der Waals surface area (Å²) in [5.41, 5.74) is 0.429. The third-order valence-corrected chi connectivity index (χ3v) is 8.62. The van der Waals surface area contributed by atoms with Gasteiger partial charge >= 0.3 is 6.03 Å². The Hall–Kier alpha value is -3.00. The Bertz CT molecular complexity index is 1210. The second-order valence-corrected chi connectivity index (χ2v) is 11.4. The zero-order valence-electron chi connectivity index (χ0n) is 23.3. The molecule has 39 heavy (non-hydrogen) atoms. The monoisotopic (exact) mass is 538 g/mol. The van der Waals surface area contributed by atoms with Gasteiger partial charge in [-0.3, -0.25) is 20.1 Å². The van der Waals surface area contributed by atoms with Crippen LogP contribution in [0.2, 0.25) is 0 Å². The number of nitrogens with one attached hydrogen (secondary N) is 1. The van der Waals surface area contributed by atoms with Crippen LogP contribution in [0.15, 0.2) is 47.5 Å². The summed E-state index contributed by atoms with van der Waals surface area (Å²) >= 11 is 0. The number of benzene rings is 2. The van der Waals surface area contributed by atoms with Gasteiger partial charge in [0.25, 0.3) is 0 Å². The van der Waals surface area contributed by atoms with Crippen LogP contribution >= 0.6 is 0 Å². The normalized spacial score (nSPS) is 26.3. The highest BCUT2D eigenvalue weighted by Crippen LogP contribution is 2.41. The van der Waals surface area contributed by atoms with Gasteiger partial charge in [0.05, 0.1) is 12.1 Å². The Morgan fingerprint density at radius 2 is 1.95 bits per heavy atom. The number of hydrogen-bond donors (Lipinski definition) is 1. The summed E-state index contributed by atoms with van der Waals surface area (Å²) in [6.07, 6.45) is 7.70. The first-order valence-corrected chi connectivity index (χ1v) is 14.4. The first kappa shape index (κ1) is 27.6. The predicted octanol–water partition coefficient (Wildman–Crippen LogP) is 6.83. The molecular weight excluding hydrogens is 498 g/mol. The van der Waals surface area contributed by atoms with Crippen molar-refractivity contribution in [2.24, 2.45) is 4.99 Å². The van der Waals surface area contributed by atoms with Gasteiger partial charge in [-0.25, -0.2) is 13.6 Å². The Kier molecular flexibility index (Phi) is 8.21. The van der Waals surface area contributed by atoms with Crippen molar-refractivity contribution < 1.29 is 18.3 Å². The molecule has 3 fully saturated rings. The second kappa shape index (κ2) is 11.6. The van der Waals surface area contributed by atoms with Gasteiger partial charge in [-0.15, -0.1) is 0 Å². The zero-order valence-corrected chi connectivity index (χ0v) is 23.3. The van der Waals surface area contributed by atoms with E-state index in [1.807, 2.05) is 6.92 Å². The van der Waals surface area contributed by atoms with Crippen molar-refractivity contribution in [3.63, 3.8) is 0 Å². The molecule has 3 aliphatic rings. The van der Waals surface area contributed by atoms with Gasteiger partial charge < -0.3 is 4.74 Å². The van der Waals surface area contributed by atoms with E-state index in [9.17, 15) is 13.6 Å². The summed E-state index contributed by atoms with van der Waals surface area (Å²) in [6.45, 7) is 7.26. The maximum absolute atomic E-state index is 14.9. The van der Waals surface area contributed by atoms with Crippen molar-refractivity contribution in [3.05, 3.63) is 59.7 Å². The third kappa shape index (κ3) is 5.81. The van der Waals surface area contributed by atoms with Crippen molar-refractivity contribution in [1.82, 2.24) is 10.2 Å². The number of amidine groups is 1. The van der Waals surface area contributed by atoms with Crippen molar-refractivity contribution in [1.29, 1.82) is 0 Å². The number of carbonyl (C=O) groups excluding carboxylic acids is 1. The Morgan fingerprint density at radius 1 is 1.15 bits per heavy atom. The van der Waals surface area contributed by atoms with Crippen LogP contribution in [0.1, 0.15) is 77.7 Å². The van der Waals surface area contributed by atoms with E-state index in [2.05, 4.69) is 24.1 Å². The molecule has 2 aromatic carbocycles. The molecule has 1 unspecified atom stereocenters. The van der Waals surface area contributed by atoms with E-state index in [0.29, 0.717) is 48.8 Å². The van der Waals surface area contributed by atoms with Crippen LogP contribution in [0, 0.1) is 11.6 Å². The lowest BCUT2D eigenvalue weighted by Gasteiger charge is -2.47. The van der Waals surface area contributed by atoms with E-state index < -0.39 is 5.54 Å². The average molecular weight is 539 g/mol. The number of carbonyl (C=O) groups is 1. The molecule has 210 valence electrons. The number of urea groups is 1. The van der Waals surface area contributed by atoms with Crippen LogP contribution < -0.4 is 15.0 Å². The van der Waals surface area contributed by atoms with Gasteiger partial charge in [-0.05, 0) is 82.3 Å². The van der Waals surface area contributed by atoms with Crippen molar-refractivity contribution in [3.8, 4) is 5.75 Å². The van der Waals surface area contributed by atoms with Crippen LogP contribution in [-0.4, -0.2) is 47.0 Å². The summed E-state index contributed by atoms with van der Waals surface area (Å²) in [5, 5.41) is 3.07. The second-order valence-electron chi connectivity index (χ2n) is 11.4. The quantitative estimate of drug-likeness (QED) is 0.421. The first-order chi connectivity index (χ1) is 18.8. The molecule has 2 aromatic rings. The summed E-state index contributed by atoms with van der Waals surface area (Å²) < 4.78 is 35.1. The number of aliphatic imine (C=N–C) groups is 1. The highest BCUT2D eigenvalue weighted by Gasteiger charge is 2.54. The van der Waals surface area contributed by atoms with E-state index in [1.54, 1.807) is 29.2 Å². The molecule has 8 heteroatoms. The molecule has 1 saturated carbocycles. The smallest absolute Gasteiger partial charge is 0.328 e. The standard InChI is InChI=1S/C31H40F2N4O2/c1-4-22(3)39-27-13-14-28(33)23(17-27)20-36-16-15-31(19-21(36)2)29(34-25-10-6-5-7-11-25)35-30(38)37(31)26-12-8-9-24(32)18-26/h8-9,12-14,17-18,21-22,25H,4-7,10-11,15-16,19-20H2,1-3H3,(H,34,35,38)/t21-,22?,31+/m0/s1. The molecule has 5 rings (SSSR count). The largest absolute Gasteiger partial charge is 0.491 e. The van der Waals surface area contributed by atoms with Gasteiger partial charge in [-0.2, -0.15) is 0 Å². The first-order valence-electron chi connectivity index (χ1n) is 14.4. The van der Waals surface area contributed by atoms with Crippen LogP contribution in [0.3, 0.4) is 0 Å². The average Bonchev–Trinajstić information content (AvgIpc) is 3.17. The summed E-state index contributed by atoms with van der Waals surface area (Å²) in [5.74, 6) is 0.739. The van der Waals surface area contributed by atoms with Gasteiger partial charge in [-0.1, -0.05) is 32.3 Å². The molecule has 0 aromatic heterocycles. The number of ether oxygens (including phenoxy) is 1. The van der Waals surface area contributed by atoms with Crippen LogP contribution in [-0.2, 0) is 6.54 Å². The topological polar surface area (TPSA) is 57.2 Å². The highest BCUT2D eigenvalue weighted by molar-refractivity contribution is 6.19. The minimum atomic E-state index is -0.696. The number of halogens is 2. The van der Waals surface area contributed by atoms with Crippen LogP contribution in [0.25, 0.3) is 0 Å². The fraction of sp³-hybridized carbons (Fsp3) is 0.548. The highest BCUT2D eigenvalue weighted by atomic mass is 19.1. The lowest BCUT2D eigenvalue weighted by Crippen LogP contribution is -2.59. The van der Waals surface area contributed by atoms with Crippen molar-refractivity contribution >= 4 is 17.6 Å². The maximum Gasteiger partial charge on any atom is 0.328 e. The van der Waals surface area contributed by atoms with E-state index >= 15 is 0 Å². The fourth-order valence-corrected chi connectivity index (χ4v) is 6.30. The lowest BCUT2D eigenvalue weighted by molar-refractivity contribution is 0.122. The summed E-state index contributed by atoms with van der Waals surface area (Å²) in [7, 11) is 0. The molecule has 1 N–H and O–H groups in total. The molecule has 2 saturated heterocycles. The van der Waals surface area contributed by atoms with Crippen molar-refractivity contribution in [2.45, 2.75) is 102 Å². The van der Waals surface area contributed by atoms with E-state index in [4.69, 9.17) is 9.73 Å². The van der Waals surface area contributed by atoms with Crippen LogP contribution in [0.5, 0.6) is 5.75 Å².